The Hall–Kier alpha value is -1.35. The van der Waals surface area contributed by atoms with Crippen molar-refractivity contribution in [3.63, 3.8) is 0 Å². The van der Waals surface area contributed by atoms with E-state index in [4.69, 9.17) is 4.74 Å². The molecule has 0 radical (unpaired) electrons. The van der Waals surface area contributed by atoms with Gasteiger partial charge in [0.2, 0.25) is 10.0 Å². The van der Waals surface area contributed by atoms with E-state index in [0.717, 1.165) is 35.9 Å². The van der Waals surface area contributed by atoms with E-state index >= 15 is 0 Å². The molecule has 2 heterocycles. The number of benzene rings is 1. The predicted molar refractivity (Wildman–Crippen MR) is 87.2 cm³/mol. The van der Waals surface area contributed by atoms with E-state index in [0.29, 0.717) is 6.61 Å². The Labute approximate surface area is 143 Å². The summed E-state index contributed by atoms with van der Waals surface area (Å²) in [5.41, 5.74) is 0. The highest BCUT2D eigenvalue weighted by molar-refractivity contribution is 7.89. The summed E-state index contributed by atoms with van der Waals surface area (Å²) in [6, 6.07) is 6.08. The lowest BCUT2D eigenvalue weighted by Crippen LogP contribution is -2.37. The van der Waals surface area contributed by atoms with Crippen molar-refractivity contribution in [1.29, 1.82) is 0 Å². The summed E-state index contributed by atoms with van der Waals surface area (Å²) in [6.07, 6.45) is 1.39. The first-order valence-electron chi connectivity index (χ1n) is 7.56. The molecule has 0 amide bonds. The molecule has 4 nitrogen and oxygen atoms in total. The average Bonchev–Trinajstić information content (AvgIpc) is 3.22. The second-order valence-corrected chi connectivity index (χ2v) is 8.53. The van der Waals surface area contributed by atoms with Gasteiger partial charge in [0.05, 0.1) is 6.10 Å². The largest absolute Gasteiger partial charge is 0.377 e. The maximum absolute atomic E-state index is 14.0. The Morgan fingerprint density at radius 1 is 1.29 bits per heavy atom. The van der Waals surface area contributed by atoms with E-state index in [9.17, 15) is 17.2 Å². The van der Waals surface area contributed by atoms with Crippen molar-refractivity contribution in [3.05, 3.63) is 52.2 Å². The SMILES string of the molecule is O=S(=O)(c1cc(F)ccc1F)N(Cc1cccs1)C[C@H]1CCCO1. The predicted octanol–water partition coefficient (Wildman–Crippen LogP) is 3.40. The molecule has 1 saturated heterocycles. The smallest absolute Gasteiger partial charge is 0.246 e. The van der Waals surface area contributed by atoms with Gasteiger partial charge in [-0.2, -0.15) is 4.31 Å². The Morgan fingerprint density at radius 2 is 2.12 bits per heavy atom. The minimum atomic E-state index is -4.17. The monoisotopic (exact) mass is 373 g/mol. The summed E-state index contributed by atoms with van der Waals surface area (Å²) in [7, 11) is -4.17. The molecule has 0 bridgehead atoms. The highest BCUT2D eigenvalue weighted by Crippen LogP contribution is 2.25. The van der Waals surface area contributed by atoms with Crippen LogP contribution in [0.15, 0.2) is 40.6 Å². The van der Waals surface area contributed by atoms with Gasteiger partial charge in [-0.15, -0.1) is 11.3 Å². The van der Waals surface area contributed by atoms with Gasteiger partial charge in [0.25, 0.3) is 0 Å². The van der Waals surface area contributed by atoms with Crippen molar-refractivity contribution in [3.8, 4) is 0 Å². The summed E-state index contributed by atoms with van der Waals surface area (Å²) >= 11 is 1.41. The van der Waals surface area contributed by atoms with Gasteiger partial charge in [-0.3, -0.25) is 0 Å². The summed E-state index contributed by atoms with van der Waals surface area (Å²) in [5.74, 6) is -1.75. The van der Waals surface area contributed by atoms with Crippen LogP contribution in [0, 0.1) is 11.6 Å². The van der Waals surface area contributed by atoms with Crippen LogP contribution < -0.4 is 0 Å². The van der Waals surface area contributed by atoms with E-state index in [1.807, 2.05) is 17.5 Å². The number of ether oxygens (including phenoxy) is 1. The zero-order chi connectivity index (χ0) is 17.2. The Morgan fingerprint density at radius 3 is 2.79 bits per heavy atom. The molecule has 1 aromatic heterocycles. The van der Waals surface area contributed by atoms with E-state index in [2.05, 4.69) is 0 Å². The fraction of sp³-hybridized carbons (Fsp3) is 0.375. The number of nitrogens with zero attached hydrogens (tertiary/aromatic N) is 1. The topological polar surface area (TPSA) is 46.6 Å². The molecule has 2 aromatic rings. The maximum atomic E-state index is 14.0. The van der Waals surface area contributed by atoms with Crippen LogP contribution >= 0.6 is 11.3 Å². The normalized spacial score (nSPS) is 18.4. The van der Waals surface area contributed by atoms with Gasteiger partial charge in [-0.25, -0.2) is 17.2 Å². The molecule has 24 heavy (non-hydrogen) atoms. The van der Waals surface area contributed by atoms with Crippen LogP contribution in [0.5, 0.6) is 0 Å². The second-order valence-electron chi connectivity index (χ2n) is 5.59. The molecule has 0 N–H and O–H groups in total. The van der Waals surface area contributed by atoms with Gasteiger partial charge in [0.1, 0.15) is 16.5 Å². The molecule has 0 spiro atoms. The van der Waals surface area contributed by atoms with Gasteiger partial charge in [-0.05, 0) is 42.5 Å². The number of thiophene rings is 1. The van der Waals surface area contributed by atoms with Crippen molar-refractivity contribution in [2.75, 3.05) is 13.2 Å². The summed E-state index contributed by atoms with van der Waals surface area (Å²) < 4.78 is 59.9. The first-order valence-corrected chi connectivity index (χ1v) is 9.88. The van der Waals surface area contributed by atoms with Crippen LogP contribution in [-0.2, 0) is 21.3 Å². The lowest BCUT2D eigenvalue weighted by Gasteiger charge is -2.24. The molecule has 130 valence electrons. The fourth-order valence-electron chi connectivity index (χ4n) is 2.65. The number of hydrogen-bond acceptors (Lipinski definition) is 4. The minimum absolute atomic E-state index is 0.107. The summed E-state index contributed by atoms with van der Waals surface area (Å²) in [5, 5.41) is 1.84. The summed E-state index contributed by atoms with van der Waals surface area (Å²) in [6.45, 7) is 0.817. The van der Waals surface area contributed by atoms with Crippen LogP contribution in [0.3, 0.4) is 0 Å². The maximum Gasteiger partial charge on any atom is 0.246 e. The molecule has 1 aliphatic rings. The molecule has 1 fully saturated rings. The van der Waals surface area contributed by atoms with Crippen LogP contribution in [0.4, 0.5) is 8.78 Å². The molecule has 8 heteroatoms. The average molecular weight is 373 g/mol. The van der Waals surface area contributed by atoms with Crippen molar-refractivity contribution in [2.24, 2.45) is 0 Å². The summed E-state index contributed by atoms with van der Waals surface area (Å²) in [4.78, 5) is 0.186. The molecule has 3 rings (SSSR count). The number of sulfonamides is 1. The molecule has 1 atom stereocenters. The van der Waals surface area contributed by atoms with Gasteiger partial charge in [-0.1, -0.05) is 6.07 Å². The lowest BCUT2D eigenvalue weighted by molar-refractivity contribution is 0.0927. The third kappa shape index (κ3) is 3.83. The van der Waals surface area contributed by atoms with Gasteiger partial charge < -0.3 is 4.74 Å². The molecular formula is C16H17F2NO3S2. The van der Waals surface area contributed by atoms with E-state index in [1.54, 1.807) is 0 Å². The van der Waals surface area contributed by atoms with Gasteiger partial charge >= 0.3 is 0 Å². The van der Waals surface area contributed by atoms with Crippen molar-refractivity contribution < 1.29 is 21.9 Å². The van der Waals surface area contributed by atoms with E-state index < -0.39 is 26.6 Å². The van der Waals surface area contributed by atoms with Crippen LogP contribution in [0.1, 0.15) is 17.7 Å². The highest BCUT2D eigenvalue weighted by Gasteiger charge is 2.31. The number of rotatable bonds is 6. The highest BCUT2D eigenvalue weighted by atomic mass is 32.2. The lowest BCUT2D eigenvalue weighted by atomic mass is 10.2. The van der Waals surface area contributed by atoms with Crippen LogP contribution in [0.25, 0.3) is 0 Å². The minimum Gasteiger partial charge on any atom is -0.377 e. The van der Waals surface area contributed by atoms with Crippen molar-refractivity contribution >= 4 is 21.4 Å². The molecule has 1 aromatic carbocycles. The van der Waals surface area contributed by atoms with Gasteiger partial charge in [0.15, 0.2) is 0 Å². The Balaban J connectivity index is 1.94. The van der Waals surface area contributed by atoms with Gasteiger partial charge in [0, 0.05) is 24.6 Å². The van der Waals surface area contributed by atoms with Crippen LogP contribution in [-0.4, -0.2) is 32.0 Å². The molecular weight excluding hydrogens is 356 g/mol. The molecule has 0 unspecified atom stereocenters. The number of hydrogen-bond donors (Lipinski definition) is 0. The van der Waals surface area contributed by atoms with Crippen molar-refractivity contribution in [2.45, 2.75) is 30.4 Å². The third-order valence-corrected chi connectivity index (χ3v) is 6.54. The standard InChI is InChI=1S/C16H17F2NO3S2/c17-12-5-6-15(18)16(9-12)24(20,21)19(10-13-3-1-7-22-13)11-14-4-2-8-23-14/h2,4-6,8-9,13H,1,3,7,10-11H2/t13-/m1/s1. The van der Waals surface area contributed by atoms with Crippen molar-refractivity contribution in [1.82, 2.24) is 4.31 Å². The molecule has 0 aliphatic carbocycles. The second kappa shape index (κ2) is 7.26. The quantitative estimate of drug-likeness (QED) is 0.780. The zero-order valence-electron chi connectivity index (χ0n) is 12.8. The van der Waals surface area contributed by atoms with E-state index in [-0.39, 0.29) is 19.2 Å². The fourth-order valence-corrected chi connectivity index (χ4v) is 4.98. The Bertz CT molecular complexity index is 788. The third-order valence-electron chi connectivity index (χ3n) is 3.85. The molecule has 0 saturated carbocycles. The number of halogens is 2. The first kappa shape index (κ1) is 17.5. The Kier molecular flexibility index (Phi) is 5.29. The zero-order valence-corrected chi connectivity index (χ0v) is 14.5. The van der Waals surface area contributed by atoms with Crippen LogP contribution in [0.2, 0.25) is 0 Å². The first-order chi connectivity index (χ1) is 11.5. The van der Waals surface area contributed by atoms with E-state index in [1.165, 1.54) is 15.6 Å². The molecule has 1 aliphatic heterocycles.